The SMILES string of the molecule is NOS(=O)(=O)NP.[KH].[MgH2]. The molecule has 0 aromatic rings. The average molecular weight is 211 g/mol. The molecule has 0 amide bonds. The van der Waals surface area contributed by atoms with Crippen molar-refractivity contribution in [3.05, 3.63) is 0 Å². The van der Waals surface area contributed by atoms with Crippen molar-refractivity contribution in [3.63, 3.8) is 0 Å². The van der Waals surface area contributed by atoms with E-state index in [1.54, 1.807) is 13.9 Å². The van der Waals surface area contributed by atoms with Crippen molar-refractivity contribution in [1.29, 1.82) is 0 Å². The first kappa shape index (κ1) is 17.7. The molecule has 1 atom stereocenters. The van der Waals surface area contributed by atoms with Gasteiger partial charge in [0.15, 0.2) is 0 Å². The Kier molecular flexibility index (Phi) is 17.2. The van der Waals surface area contributed by atoms with Crippen LogP contribution in [-0.2, 0) is 14.6 Å². The summed E-state index contributed by atoms with van der Waals surface area (Å²) in [5, 5.41) is 0. The Bertz CT molecular complexity index is 125. The predicted octanol–water partition coefficient (Wildman–Crippen LogP) is -3.06. The van der Waals surface area contributed by atoms with Gasteiger partial charge >= 0.3 is 84.7 Å². The summed E-state index contributed by atoms with van der Waals surface area (Å²) in [4.78, 5) is 0. The maximum atomic E-state index is 9.89. The third-order valence-corrected chi connectivity index (χ3v) is 1.68. The summed E-state index contributed by atoms with van der Waals surface area (Å²) in [6.07, 6.45) is 0. The molecule has 0 aliphatic rings. The number of nitrogens with two attached hydrogens (primary N) is 1. The average Bonchev–Trinajstić information content (AvgIpc) is 1.68. The molecule has 0 spiro atoms. The molecule has 0 radical (unpaired) electrons. The topological polar surface area (TPSA) is 81.4 Å². The van der Waals surface area contributed by atoms with Crippen LogP contribution < -0.4 is 10.4 Å². The fourth-order valence-corrected chi connectivity index (χ4v) is 0.250. The largest absolute Gasteiger partial charge is 0.316 e. The summed E-state index contributed by atoms with van der Waals surface area (Å²) in [5.74, 6) is 4.25. The second-order valence-corrected chi connectivity index (χ2v) is 2.71. The molecule has 0 aliphatic heterocycles. The summed E-state index contributed by atoms with van der Waals surface area (Å²) >= 11 is 0. The molecule has 0 bridgehead atoms. The van der Waals surface area contributed by atoms with E-state index < -0.39 is 10.3 Å². The van der Waals surface area contributed by atoms with Gasteiger partial charge in [0.1, 0.15) is 0 Å². The molecule has 0 fully saturated rings. The summed E-state index contributed by atoms with van der Waals surface area (Å²) in [5.41, 5.74) is 0. The monoisotopic (exact) mass is 210 g/mol. The molecule has 3 N–H and O–H groups in total. The molecule has 0 heterocycles. The summed E-state index contributed by atoms with van der Waals surface area (Å²) in [7, 11) is -1.94. The second kappa shape index (κ2) is 8.76. The van der Waals surface area contributed by atoms with Crippen molar-refractivity contribution in [2.24, 2.45) is 5.90 Å². The fourth-order valence-electron chi connectivity index (χ4n) is 0.0278. The van der Waals surface area contributed by atoms with E-state index in [0.717, 1.165) is 0 Å². The van der Waals surface area contributed by atoms with E-state index in [1.807, 2.05) is 0 Å². The molecule has 50 valence electrons. The molecular formula is H8KMgN2O3PS. The molecule has 0 saturated heterocycles. The minimum atomic E-state index is -3.67. The van der Waals surface area contributed by atoms with Crippen molar-refractivity contribution >= 4 is 94.1 Å². The van der Waals surface area contributed by atoms with Gasteiger partial charge in [0.2, 0.25) is 0 Å². The molecule has 0 rings (SSSR count). The zero-order valence-electron chi connectivity index (χ0n) is 3.29. The Balaban J connectivity index is -0.000000180. The third kappa shape index (κ3) is 10.7. The molecule has 0 aromatic carbocycles. The smallest absolute Gasteiger partial charge is 0.316 e. The first-order chi connectivity index (χ1) is 3.12. The van der Waals surface area contributed by atoms with Gasteiger partial charge in [-0.25, -0.2) is 0 Å². The van der Waals surface area contributed by atoms with Crippen LogP contribution in [-0.4, -0.2) is 82.9 Å². The molecule has 9 heteroatoms. The van der Waals surface area contributed by atoms with Gasteiger partial charge in [-0.1, -0.05) is 0 Å². The number of rotatable bonds is 2. The second-order valence-electron chi connectivity index (χ2n) is 0.668. The van der Waals surface area contributed by atoms with E-state index in [2.05, 4.69) is 10.2 Å². The molecule has 0 saturated carbocycles. The fraction of sp³-hybridized carbons (Fsp3) is 0. The van der Waals surface area contributed by atoms with E-state index in [9.17, 15) is 8.42 Å². The van der Waals surface area contributed by atoms with E-state index >= 15 is 0 Å². The standard InChI is InChI=1S/K.Mg.H5N2O3PS.3H/c;;1-5-7(3,4)2-6;;;/h;;2H,1,6H2;;;. The van der Waals surface area contributed by atoms with Crippen LogP contribution in [0.2, 0.25) is 0 Å². The first-order valence-electron chi connectivity index (χ1n) is 1.23. The van der Waals surface area contributed by atoms with Crippen molar-refractivity contribution < 1.29 is 12.7 Å². The molecule has 1 unspecified atom stereocenters. The van der Waals surface area contributed by atoms with Gasteiger partial charge < -0.3 is 0 Å². The molecule has 0 aliphatic carbocycles. The van der Waals surface area contributed by atoms with E-state index in [1.165, 1.54) is 0 Å². The third-order valence-electron chi connectivity index (χ3n) is 0.271. The Morgan fingerprint density at radius 1 is 1.56 bits per heavy atom. The van der Waals surface area contributed by atoms with E-state index in [0.29, 0.717) is 0 Å². The number of hydrogen-bond donors (Lipinski definition) is 2. The Labute approximate surface area is 115 Å². The van der Waals surface area contributed by atoms with Gasteiger partial charge in [-0.2, -0.15) is 23.1 Å². The summed E-state index contributed by atoms with van der Waals surface area (Å²) in [6, 6.07) is 0. The van der Waals surface area contributed by atoms with Crippen LogP contribution in [0.1, 0.15) is 0 Å². The van der Waals surface area contributed by atoms with Gasteiger partial charge in [-0.3, -0.25) is 0 Å². The molecule has 0 aromatic heterocycles. The summed E-state index contributed by atoms with van der Waals surface area (Å²) < 4.78 is 24.9. The van der Waals surface area contributed by atoms with Crippen molar-refractivity contribution in [3.8, 4) is 0 Å². The van der Waals surface area contributed by atoms with Gasteiger partial charge in [0.25, 0.3) is 0 Å². The van der Waals surface area contributed by atoms with Gasteiger partial charge in [0.05, 0.1) is 0 Å². The Hall–Kier alpha value is 2.66. The zero-order chi connectivity index (χ0) is 5.91. The summed E-state index contributed by atoms with van der Waals surface area (Å²) in [6.45, 7) is 0. The molecule has 5 nitrogen and oxygen atoms in total. The van der Waals surface area contributed by atoms with Crippen LogP contribution in [0.5, 0.6) is 0 Å². The van der Waals surface area contributed by atoms with Crippen LogP contribution in [0, 0.1) is 0 Å². The van der Waals surface area contributed by atoms with Crippen LogP contribution in [0.3, 0.4) is 0 Å². The van der Waals surface area contributed by atoms with Crippen LogP contribution >= 0.6 is 9.39 Å². The Morgan fingerprint density at radius 2 is 1.89 bits per heavy atom. The van der Waals surface area contributed by atoms with Crippen LogP contribution in [0.25, 0.3) is 0 Å². The minimum absolute atomic E-state index is 0. The Morgan fingerprint density at radius 3 is 1.89 bits per heavy atom. The van der Waals surface area contributed by atoms with Gasteiger partial charge in [-0.05, 0) is 9.39 Å². The number of nitrogens with one attached hydrogen (secondary N) is 1. The number of hydrogen-bond acceptors (Lipinski definition) is 4. The predicted molar refractivity (Wildman–Crippen MR) is 42.7 cm³/mol. The van der Waals surface area contributed by atoms with Crippen LogP contribution in [0.4, 0.5) is 0 Å². The molecular weight excluding hydrogens is 202 g/mol. The van der Waals surface area contributed by atoms with Crippen molar-refractivity contribution in [2.75, 3.05) is 0 Å². The first-order valence-corrected chi connectivity index (χ1v) is 3.21. The van der Waals surface area contributed by atoms with Crippen molar-refractivity contribution in [2.45, 2.75) is 0 Å². The normalized spacial score (nSPS) is 9.11. The zero-order valence-corrected chi connectivity index (χ0v) is 5.26. The maximum absolute atomic E-state index is 9.89. The van der Waals surface area contributed by atoms with Crippen molar-refractivity contribution in [1.82, 2.24) is 4.49 Å². The molecule has 9 heavy (non-hydrogen) atoms. The van der Waals surface area contributed by atoms with Crippen LogP contribution in [0.15, 0.2) is 0 Å². The van der Waals surface area contributed by atoms with E-state index in [4.69, 9.17) is 0 Å². The maximum Gasteiger partial charge on any atom is 0.316 e. The van der Waals surface area contributed by atoms with Gasteiger partial charge in [0, 0.05) is 0 Å². The minimum Gasteiger partial charge on any atom is 0.316 e. The van der Waals surface area contributed by atoms with Gasteiger partial charge in [-0.15, -0.1) is 0 Å². The quantitative estimate of drug-likeness (QED) is 0.288. The van der Waals surface area contributed by atoms with E-state index in [-0.39, 0.29) is 74.4 Å².